The largest absolute Gasteiger partial charge is 0.392 e. The highest BCUT2D eigenvalue weighted by molar-refractivity contribution is 6.29. The van der Waals surface area contributed by atoms with Crippen LogP contribution in [0, 0.1) is 11.8 Å². The van der Waals surface area contributed by atoms with Crippen molar-refractivity contribution in [2.24, 2.45) is 11.8 Å². The number of pyridine rings is 1. The van der Waals surface area contributed by atoms with E-state index in [9.17, 15) is 5.11 Å². The molecule has 0 spiro atoms. The van der Waals surface area contributed by atoms with Crippen molar-refractivity contribution in [3.8, 4) is 0 Å². The Hall–Kier alpha value is -0.600. The summed E-state index contributed by atoms with van der Waals surface area (Å²) in [6.07, 6.45) is 3.21. The zero-order chi connectivity index (χ0) is 11.7. The number of aromatic nitrogens is 1. The van der Waals surface area contributed by atoms with Gasteiger partial charge in [0, 0.05) is 5.69 Å². The normalized spacial score (nSPS) is 19.9. The number of aliphatic hydroxyl groups is 1. The number of aliphatic hydroxyl groups excluding tert-OH is 1. The quantitative estimate of drug-likeness (QED) is 0.805. The molecule has 0 saturated heterocycles. The van der Waals surface area contributed by atoms with Crippen molar-refractivity contribution in [3.05, 3.63) is 28.0 Å². The van der Waals surface area contributed by atoms with Crippen LogP contribution in [0.4, 0.5) is 0 Å². The summed E-state index contributed by atoms with van der Waals surface area (Å²) < 4.78 is 0. The molecule has 2 rings (SSSR count). The lowest BCUT2D eigenvalue weighted by molar-refractivity contribution is 0.275. The maximum atomic E-state index is 9.36. The Kier molecular flexibility index (Phi) is 3.50. The first-order valence-electron chi connectivity index (χ1n) is 5.89. The Morgan fingerprint density at radius 1 is 1.56 bits per heavy atom. The lowest BCUT2D eigenvalue weighted by atomic mass is 9.79. The zero-order valence-corrected chi connectivity index (χ0v) is 10.6. The number of hydrogen-bond donors (Lipinski definition) is 1. The van der Waals surface area contributed by atoms with Gasteiger partial charge in [0.1, 0.15) is 5.15 Å². The molecule has 1 aliphatic rings. The topological polar surface area (TPSA) is 33.1 Å². The van der Waals surface area contributed by atoms with Gasteiger partial charge in [-0.2, -0.15) is 0 Å². The first-order valence-corrected chi connectivity index (χ1v) is 6.27. The molecular weight excluding hydrogens is 222 g/mol. The van der Waals surface area contributed by atoms with Crippen LogP contribution in [0.3, 0.4) is 0 Å². The molecule has 1 atom stereocenters. The molecule has 3 heteroatoms. The first kappa shape index (κ1) is 11.9. The van der Waals surface area contributed by atoms with Crippen LogP contribution in [-0.2, 0) is 19.4 Å². The van der Waals surface area contributed by atoms with E-state index in [4.69, 9.17) is 11.6 Å². The fraction of sp³-hybridized carbons (Fsp3) is 0.615. The van der Waals surface area contributed by atoms with Crippen LogP contribution in [0.5, 0.6) is 0 Å². The van der Waals surface area contributed by atoms with Crippen molar-refractivity contribution >= 4 is 11.6 Å². The summed E-state index contributed by atoms with van der Waals surface area (Å²) in [4.78, 5) is 4.37. The summed E-state index contributed by atoms with van der Waals surface area (Å²) >= 11 is 5.94. The fourth-order valence-corrected chi connectivity index (χ4v) is 2.73. The average molecular weight is 240 g/mol. The molecule has 0 aromatic carbocycles. The van der Waals surface area contributed by atoms with Crippen LogP contribution < -0.4 is 0 Å². The minimum Gasteiger partial charge on any atom is -0.392 e. The standard InChI is InChI=1S/C13H18ClNO/c1-8(2)9-3-4-12-11(5-9)10(7-16)6-13(14)15-12/h6,8-9,16H,3-5,7H2,1-2H3. The first-order chi connectivity index (χ1) is 7.61. The maximum absolute atomic E-state index is 9.36. The summed E-state index contributed by atoms with van der Waals surface area (Å²) in [5.74, 6) is 1.40. The van der Waals surface area contributed by atoms with Gasteiger partial charge in [0.2, 0.25) is 0 Å². The van der Waals surface area contributed by atoms with Crippen molar-refractivity contribution in [2.75, 3.05) is 0 Å². The molecule has 1 heterocycles. The summed E-state index contributed by atoms with van der Waals surface area (Å²) in [5, 5.41) is 9.86. The minimum absolute atomic E-state index is 0.0649. The Balaban J connectivity index is 2.36. The molecule has 1 N–H and O–H groups in total. The summed E-state index contributed by atoms with van der Waals surface area (Å²) in [6, 6.07) is 1.79. The Labute approximate surface area is 102 Å². The number of halogens is 1. The van der Waals surface area contributed by atoms with Gasteiger partial charge in [-0.25, -0.2) is 4.98 Å². The predicted octanol–water partition coefficient (Wildman–Crippen LogP) is 2.99. The number of fused-ring (bicyclic) bond motifs is 1. The van der Waals surface area contributed by atoms with Crippen molar-refractivity contribution in [3.63, 3.8) is 0 Å². The summed E-state index contributed by atoms with van der Waals surface area (Å²) in [7, 11) is 0. The molecule has 1 aromatic heterocycles. The second-order valence-corrected chi connectivity index (χ2v) is 5.32. The number of nitrogens with zero attached hydrogens (tertiary/aromatic N) is 1. The van der Waals surface area contributed by atoms with Crippen LogP contribution in [0.15, 0.2) is 6.07 Å². The Morgan fingerprint density at radius 3 is 2.94 bits per heavy atom. The van der Waals surface area contributed by atoms with E-state index < -0.39 is 0 Å². The monoisotopic (exact) mass is 239 g/mol. The molecule has 88 valence electrons. The lowest BCUT2D eigenvalue weighted by Gasteiger charge is -2.28. The van der Waals surface area contributed by atoms with Gasteiger partial charge in [-0.05, 0) is 48.3 Å². The molecule has 0 aliphatic heterocycles. The SMILES string of the molecule is CC(C)C1CCc2nc(Cl)cc(CO)c2C1. The molecule has 0 bridgehead atoms. The molecule has 1 unspecified atom stereocenters. The van der Waals surface area contributed by atoms with Gasteiger partial charge in [0.05, 0.1) is 6.61 Å². The van der Waals surface area contributed by atoms with Crippen molar-refractivity contribution < 1.29 is 5.11 Å². The van der Waals surface area contributed by atoms with Crippen LogP contribution in [0.1, 0.15) is 37.1 Å². The fourth-order valence-electron chi connectivity index (χ4n) is 2.50. The highest BCUT2D eigenvalue weighted by atomic mass is 35.5. The summed E-state index contributed by atoms with van der Waals surface area (Å²) in [5.41, 5.74) is 3.28. The van der Waals surface area contributed by atoms with E-state index in [0.717, 1.165) is 24.1 Å². The van der Waals surface area contributed by atoms with Gasteiger partial charge in [0.15, 0.2) is 0 Å². The van der Waals surface area contributed by atoms with Gasteiger partial charge in [-0.1, -0.05) is 25.4 Å². The van der Waals surface area contributed by atoms with E-state index >= 15 is 0 Å². The Morgan fingerprint density at radius 2 is 2.31 bits per heavy atom. The molecule has 2 nitrogen and oxygen atoms in total. The van der Waals surface area contributed by atoms with E-state index in [2.05, 4.69) is 18.8 Å². The summed E-state index contributed by atoms with van der Waals surface area (Å²) in [6.45, 7) is 4.59. The van der Waals surface area contributed by atoms with Crippen molar-refractivity contribution in [2.45, 2.75) is 39.7 Å². The predicted molar refractivity (Wildman–Crippen MR) is 65.5 cm³/mol. The van der Waals surface area contributed by atoms with Crippen LogP contribution >= 0.6 is 11.6 Å². The van der Waals surface area contributed by atoms with E-state index in [1.165, 1.54) is 12.0 Å². The maximum Gasteiger partial charge on any atom is 0.129 e. The van der Waals surface area contributed by atoms with Gasteiger partial charge in [-0.3, -0.25) is 0 Å². The highest BCUT2D eigenvalue weighted by Gasteiger charge is 2.24. The number of aryl methyl sites for hydroxylation is 1. The minimum atomic E-state index is 0.0649. The number of rotatable bonds is 2. The van der Waals surface area contributed by atoms with Crippen LogP contribution in [0.2, 0.25) is 5.15 Å². The van der Waals surface area contributed by atoms with Gasteiger partial charge in [-0.15, -0.1) is 0 Å². The molecule has 0 amide bonds. The third-order valence-corrected chi connectivity index (χ3v) is 3.80. The molecule has 0 saturated carbocycles. The van der Waals surface area contributed by atoms with Crippen LogP contribution in [-0.4, -0.2) is 10.1 Å². The smallest absolute Gasteiger partial charge is 0.129 e. The zero-order valence-electron chi connectivity index (χ0n) is 9.83. The second-order valence-electron chi connectivity index (χ2n) is 4.93. The van der Waals surface area contributed by atoms with Crippen molar-refractivity contribution in [1.82, 2.24) is 4.98 Å². The van der Waals surface area contributed by atoms with Crippen molar-refractivity contribution in [1.29, 1.82) is 0 Å². The molecule has 16 heavy (non-hydrogen) atoms. The third kappa shape index (κ3) is 2.23. The molecule has 0 fully saturated rings. The van der Waals surface area contributed by atoms with E-state index in [-0.39, 0.29) is 6.61 Å². The molecule has 1 aromatic rings. The lowest BCUT2D eigenvalue weighted by Crippen LogP contribution is -2.21. The van der Waals surface area contributed by atoms with Gasteiger partial charge in [0.25, 0.3) is 0 Å². The van der Waals surface area contributed by atoms with Crippen LogP contribution in [0.25, 0.3) is 0 Å². The number of hydrogen-bond acceptors (Lipinski definition) is 2. The highest BCUT2D eigenvalue weighted by Crippen LogP contribution is 2.32. The Bertz CT molecular complexity index is 373. The van der Waals surface area contributed by atoms with Gasteiger partial charge < -0.3 is 5.11 Å². The van der Waals surface area contributed by atoms with Gasteiger partial charge >= 0.3 is 0 Å². The molecule has 0 radical (unpaired) electrons. The van der Waals surface area contributed by atoms with E-state index in [0.29, 0.717) is 17.0 Å². The molecular formula is C13H18ClNO. The molecule has 1 aliphatic carbocycles. The third-order valence-electron chi connectivity index (χ3n) is 3.60. The average Bonchev–Trinajstić information content (AvgIpc) is 2.27. The van der Waals surface area contributed by atoms with E-state index in [1.54, 1.807) is 6.07 Å². The second kappa shape index (κ2) is 4.72. The van der Waals surface area contributed by atoms with E-state index in [1.807, 2.05) is 0 Å².